The lowest BCUT2D eigenvalue weighted by molar-refractivity contribution is -0.317. The molecule has 3 aliphatic heterocycles. The summed E-state index contributed by atoms with van der Waals surface area (Å²) in [5, 5.41) is 8.85. The van der Waals surface area contributed by atoms with Crippen LogP contribution in [0.15, 0.2) is 24.5 Å². The topological polar surface area (TPSA) is 136 Å². The number of carbonyl (C=O) groups is 2. The molecule has 4 heterocycles. The molecule has 240 valence electrons. The maximum Gasteiger partial charge on any atom is 0.417 e. The average molecular weight is 623 g/mol. The highest BCUT2D eigenvalue weighted by molar-refractivity contribution is 6.12. The molecule has 1 aromatic heterocycles. The number of fused-ring (bicyclic) bond motifs is 3. The summed E-state index contributed by atoms with van der Waals surface area (Å²) >= 11 is 0. The van der Waals surface area contributed by atoms with Crippen molar-refractivity contribution in [3.8, 4) is 11.6 Å². The number of anilines is 2. The summed E-state index contributed by atoms with van der Waals surface area (Å²) in [5.41, 5.74) is -2.83. The van der Waals surface area contributed by atoms with Crippen LogP contribution < -0.4 is 25.4 Å². The summed E-state index contributed by atoms with van der Waals surface area (Å²) in [5.74, 6) is -0.520. The van der Waals surface area contributed by atoms with E-state index < -0.39 is 29.1 Å². The first kappa shape index (κ1) is 31.7. The van der Waals surface area contributed by atoms with Gasteiger partial charge in [-0.05, 0) is 50.8 Å². The highest BCUT2D eigenvalue weighted by Gasteiger charge is 2.63. The van der Waals surface area contributed by atoms with Gasteiger partial charge in [0, 0.05) is 25.7 Å². The third kappa shape index (κ3) is 6.69. The van der Waals surface area contributed by atoms with Crippen molar-refractivity contribution < 1.29 is 41.7 Å². The third-order valence-corrected chi connectivity index (χ3v) is 8.53. The van der Waals surface area contributed by atoms with Crippen LogP contribution in [-0.2, 0) is 9.47 Å². The standard InChI is InChI=1S/C29H37F3N6O6/c1-41-19-4-5-20(24(39)37-27-6-8-28(9-7-27,44-17-27)29(30,31)32)21(16-19)36-25(40)22-23(34-18-35-26(22)42-2)33-10-3-11-38-12-14-43-15-13-38/h4-5,16,18H,3,6-15,17H2,1-2H3,(H,36,40)(H,37,39)(H,33,34,35). The fourth-order valence-electron chi connectivity index (χ4n) is 5.87. The van der Waals surface area contributed by atoms with Crippen molar-refractivity contribution in [2.24, 2.45) is 0 Å². The van der Waals surface area contributed by atoms with Crippen LogP contribution in [0.3, 0.4) is 0 Å². The Balaban J connectivity index is 1.31. The van der Waals surface area contributed by atoms with Crippen molar-refractivity contribution in [1.82, 2.24) is 20.2 Å². The Kier molecular flexibility index (Phi) is 9.46. The minimum atomic E-state index is -4.48. The number of halogens is 3. The maximum absolute atomic E-state index is 13.7. The van der Waals surface area contributed by atoms with Crippen LogP contribution in [0.4, 0.5) is 24.7 Å². The second-order valence-electron chi connectivity index (χ2n) is 11.2. The summed E-state index contributed by atoms with van der Waals surface area (Å²) in [4.78, 5) is 37.9. The molecule has 0 unspecified atom stereocenters. The van der Waals surface area contributed by atoms with E-state index in [0.29, 0.717) is 25.5 Å². The predicted molar refractivity (Wildman–Crippen MR) is 153 cm³/mol. The maximum atomic E-state index is 13.7. The molecule has 4 fully saturated rings. The number of nitrogens with zero attached hydrogens (tertiary/aromatic N) is 3. The van der Waals surface area contributed by atoms with E-state index >= 15 is 0 Å². The number of hydrogen-bond acceptors (Lipinski definition) is 10. The molecule has 1 aromatic carbocycles. The van der Waals surface area contributed by atoms with Gasteiger partial charge in [-0.2, -0.15) is 13.2 Å². The largest absolute Gasteiger partial charge is 0.497 e. The normalized spacial score (nSPS) is 23.6. The number of benzene rings is 1. The van der Waals surface area contributed by atoms with Gasteiger partial charge in [0.25, 0.3) is 11.8 Å². The first-order valence-electron chi connectivity index (χ1n) is 14.5. The molecule has 6 rings (SSSR count). The Morgan fingerprint density at radius 1 is 1.05 bits per heavy atom. The number of carbonyl (C=O) groups excluding carboxylic acids is 2. The van der Waals surface area contributed by atoms with E-state index in [2.05, 4.69) is 30.8 Å². The van der Waals surface area contributed by atoms with Gasteiger partial charge in [-0.1, -0.05) is 0 Å². The van der Waals surface area contributed by atoms with Gasteiger partial charge < -0.3 is 34.9 Å². The Hall–Kier alpha value is -3.69. The molecule has 4 aliphatic rings. The number of alkyl halides is 3. The van der Waals surface area contributed by atoms with Gasteiger partial charge in [0.1, 0.15) is 23.5 Å². The lowest BCUT2D eigenvalue weighted by atomic mass is 9.70. The molecule has 1 saturated carbocycles. The molecule has 2 amide bonds. The lowest BCUT2D eigenvalue weighted by Gasteiger charge is -2.53. The van der Waals surface area contributed by atoms with E-state index in [1.807, 2.05) is 0 Å². The van der Waals surface area contributed by atoms with E-state index in [4.69, 9.17) is 18.9 Å². The molecule has 0 atom stereocenters. The van der Waals surface area contributed by atoms with Crippen LogP contribution in [0.5, 0.6) is 11.6 Å². The number of hydrogen-bond donors (Lipinski definition) is 3. The van der Waals surface area contributed by atoms with E-state index in [-0.39, 0.29) is 60.8 Å². The molecule has 3 N–H and O–H groups in total. The predicted octanol–water partition coefficient (Wildman–Crippen LogP) is 3.25. The minimum Gasteiger partial charge on any atom is -0.497 e. The third-order valence-electron chi connectivity index (χ3n) is 8.53. The van der Waals surface area contributed by atoms with E-state index in [0.717, 1.165) is 26.1 Å². The number of amides is 2. The molecule has 44 heavy (non-hydrogen) atoms. The summed E-state index contributed by atoms with van der Waals surface area (Å²) in [6.45, 7) is 4.28. The van der Waals surface area contributed by atoms with E-state index in [1.54, 1.807) is 6.07 Å². The lowest BCUT2D eigenvalue weighted by Crippen LogP contribution is -2.66. The van der Waals surface area contributed by atoms with Gasteiger partial charge >= 0.3 is 6.18 Å². The number of morpholine rings is 1. The number of methoxy groups -OCH3 is 2. The van der Waals surface area contributed by atoms with Gasteiger partial charge in [-0.15, -0.1) is 0 Å². The van der Waals surface area contributed by atoms with Crippen molar-refractivity contribution in [2.45, 2.75) is 49.4 Å². The van der Waals surface area contributed by atoms with Crippen LogP contribution in [0.1, 0.15) is 52.8 Å². The first-order valence-corrected chi connectivity index (χ1v) is 14.5. The zero-order valence-electron chi connectivity index (χ0n) is 24.7. The molecule has 3 saturated heterocycles. The fraction of sp³-hybridized carbons (Fsp3) is 0.586. The van der Waals surface area contributed by atoms with Gasteiger partial charge in [-0.25, -0.2) is 9.97 Å². The second-order valence-corrected chi connectivity index (χ2v) is 11.2. The van der Waals surface area contributed by atoms with Gasteiger partial charge in [-0.3, -0.25) is 14.5 Å². The van der Waals surface area contributed by atoms with Crippen LogP contribution in [0.2, 0.25) is 0 Å². The first-order chi connectivity index (χ1) is 21.1. The van der Waals surface area contributed by atoms with Crippen LogP contribution in [0, 0.1) is 0 Å². The van der Waals surface area contributed by atoms with Crippen LogP contribution in [0.25, 0.3) is 0 Å². The van der Waals surface area contributed by atoms with Gasteiger partial charge in [0.2, 0.25) is 5.88 Å². The highest BCUT2D eigenvalue weighted by Crippen LogP contribution is 2.51. The number of ether oxygens (including phenoxy) is 4. The summed E-state index contributed by atoms with van der Waals surface area (Å²) in [6.07, 6.45) is -2.63. The fourth-order valence-corrected chi connectivity index (χ4v) is 5.87. The van der Waals surface area contributed by atoms with Gasteiger partial charge in [0.05, 0.1) is 50.8 Å². The quantitative estimate of drug-likeness (QED) is 0.321. The van der Waals surface area contributed by atoms with Crippen molar-refractivity contribution in [2.75, 3.05) is 70.9 Å². The Morgan fingerprint density at radius 3 is 2.43 bits per heavy atom. The van der Waals surface area contributed by atoms with Crippen LogP contribution in [-0.4, -0.2) is 104 Å². The number of rotatable bonds is 11. The molecule has 2 bridgehead atoms. The van der Waals surface area contributed by atoms with Crippen LogP contribution >= 0.6 is 0 Å². The minimum absolute atomic E-state index is 0.0377. The number of aromatic nitrogens is 2. The molecular formula is C29H37F3N6O6. The summed E-state index contributed by atoms with van der Waals surface area (Å²) < 4.78 is 62.2. The highest BCUT2D eigenvalue weighted by atomic mass is 19.4. The summed E-state index contributed by atoms with van der Waals surface area (Å²) in [7, 11) is 2.83. The zero-order valence-corrected chi connectivity index (χ0v) is 24.7. The second kappa shape index (κ2) is 13.1. The zero-order chi connectivity index (χ0) is 31.4. The molecule has 2 aromatic rings. The molecule has 15 heteroatoms. The van der Waals surface area contributed by atoms with E-state index in [9.17, 15) is 22.8 Å². The SMILES string of the molecule is COc1ccc(C(=O)NC23CCC(C(F)(F)F)(CC2)OC3)c(NC(=O)c2c(NCCCN3CCOCC3)ncnc2OC)c1. The van der Waals surface area contributed by atoms with Gasteiger partial charge in [0.15, 0.2) is 5.60 Å². The Labute approximate surface area is 253 Å². The smallest absolute Gasteiger partial charge is 0.417 e. The molecule has 1 aliphatic carbocycles. The Bertz CT molecular complexity index is 1330. The number of nitrogens with one attached hydrogen (secondary N) is 3. The van der Waals surface area contributed by atoms with Crippen molar-refractivity contribution in [3.63, 3.8) is 0 Å². The molecule has 0 radical (unpaired) electrons. The average Bonchev–Trinajstić information content (AvgIpc) is 3.03. The molecular weight excluding hydrogens is 585 g/mol. The molecule has 0 spiro atoms. The van der Waals surface area contributed by atoms with Crippen molar-refractivity contribution in [3.05, 3.63) is 35.7 Å². The molecule has 12 nitrogen and oxygen atoms in total. The Morgan fingerprint density at radius 2 is 1.80 bits per heavy atom. The van der Waals surface area contributed by atoms with E-state index in [1.165, 1.54) is 32.7 Å². The summed E-state index contributed by atoms with van der Waals surface area (Å²) in [6, 6.07) is 4.53. The van der Waals surface area contributed by atoms with Crippen molar-refractivity contribution in [1.29, 1.82) is 0 Å². The van der Waals surface area contributed by atoms with Crippen molar-refractivity contribution >= 4 is 23.3 Å². The monoisotopic (exact) mass is 622 g/mol.